The molecule has 0 saturated carbocycles. The lowest BCUT2D eigenvalue weighted by Crippen LogP contribution is -2.43. The van der Waals surface area contributed by atoms with E-state index in [9.17, 15) is 9.59 Å². The van der Waals surface area contributed by atoms with Gasteiger partial charge in [-0.1, -0.05) is 53.5 Å². The molecule has 0 aliphatic heterocycles. The number of hydrogen-bond acceptors (Lipinski definition) is 4. The Kier molecular flexibility index (Phi) is 6.82. The van der Waals surface area contributed by atoms with Gasteiger partial charge in [0.1, 0.15) is 6.04 Å². The van der Waals surface area contributed by atoms with Crippen LogP contribution in [0.4, 0.5) is 0 Å². The van der Waals surface area contributed by atoms with Crippen LogP contribution in [0.15, 0.2) is 42.5 Å². The van der Waals surface area contributed by atoms with Gasteiger partial charge in [-0.05, 0) is 23.3 Å². The van der Waals surface area contributed by atoms with Crippen LogP contribution in [0.5, 0.6) is 0 Å². The fraction of sp³-hybridized carbons (Fsp3) is 0.222. The Hall–Kier alpha value is -2.08. The molecule has 0 saturated heterocycles. The molecule has 132 valence electrons. The van der Waals surface area contributed by atoms with Crippen molar-refractivity contribution in [1.82, 2.24) is 5.32 Å². The predicted molar refractivity (Wildman–Crippen MR) is 95.8 cm³/mol. The molecular formula is C18H17Cl2NO4. The molecule has 5 nitrogen and oxygen atoms in total. The largest absolute Gasteiger partial charge is 0.467 e. The van der Waals surface area contributed by atoms with Crippen molar-refractivity contribution in [2.24, 2.45) is 0 Å². The van der Waals surface area contributed by atoms with Crippen LogP contribution >= 0.6 is 23.2 Å². The third kappa shape index (κ3) is 4.95. The van der Waals surface area contributed by atoms with E-state index in [0.717, 1.165) is 11.1 Å². The van der Waals surface area contributed by atoms with Gasteiger partial charge in [-0.3, -0.25) is 4.79 Å². The number of halogens is 2. The van der Waals surface area contributed by atoms with Crippen LogP contribution in [0.3, 0.4) is 0 Å². The van der Waals surface area contributed by atoms with Crippen LogP contribution in [-0.4, -0.2) is 30.1 Å². The topological polar surface area (TPSA) is 75.6 Å². The average molecular weight is 382 g/mol. The van der Waals surface area contributed by atoms with E-state index in [1.165, 1.54) is 7.11 Å². The lowest BCUT2D eigenvalue weighted by Gasteiger charge is -2.17. The first-order chi connectivity index (χ1) is 12.0. The molecule has 0 aliphatic carbocycles. The number of benzene rings is 2. The van der Waals surface area contributed by atoms with E-state index >= 15 is 0 Å². The number of rotatable bonds is 6. The van der Waals surface area contributed by atoms with Gasteiger partial charge in [0.05, 0.1) is 29.3 Å². The maximum Gasteiger partial charge on any atom is 0.328 e. The Morgan fingerprint density at radius 3 is 2.16 bits per heavy atom. The second-order valence-corrected chi connectivity index (χ2v) is 6.14. The molecule has 0 heterocycles. The maximum absolute atomic E-state index is 12.5. The van der Waals surface area contributed by atoms with Crippen LogP contribution < -0.4 is 5.32 Å². The predicted octanol–water partition coefficient (Wildman–Crippen LogP) is 3.00. The minimum absolute atomic E-state index is 0.0670. The SMILES string of the molecule is COC(=O)C(Cc1ccc(CO)cc1)NC(=O)c1c(Cl)cccc1Cl. The van der Waals surface area contributed by atoms with E-state index in [0.29, 0.717) is 0 Å². The first kappa shape index (κ1) is 19.2. The van der Waals surface area contributed by atoms with E-state index < -0.39 is 17.9 Å². The van der Waals surface area contributed by atoms with Gasteiger partial charge in [-0.2, -0.15) is 0 Å². The van der Waals surface area contributed by atoms with Gasteiger partial charge >= 0.3 is 5.97 Å². The first-order valence-electron chi connectivity index (χ1n) is 7.47. The van der Waals surface area contributed by atoms with Crippen LogP contribution in [0.2, 0.25) is 10.0 Å². The number of nitrogens with one attached hydrogen (secondary N) is 1. The highest BCUT2D eigenvalue weighted by atomic mass is 35.5. The Bertz CT molecular complexity index is 742. The number of aliphatic hydroxyl groups is 1. The molecular weight excluding hydrogens is 365 g/mol. The van der Waals surface area contributed by atoms with Gasteiger partial charge in [-0.15, -0.1) is 0 Å². The number of hydrogen-bond donors (Lipinski definition) is 2. The second-order valence-electron chi connectivity index (χ2n) is 5.32. The van der Waals surface area contributed by atoms with Crippen molar-refractivity contribution in [2.75, 3.05) is 7.11 Å². The van der Waals surface area contributed by atoms with Crippen LogP contribution in [0, 0.1) is 0 Å². The molecule has 2 N–H and O–H groups in total. The quantitative estimate of drug-likeness (QED) is 0.754. The van der Waals surface area contributed by atoms with E-state index in [-0.39, 0.29) is 28.6 Å². The molecule has 0 aliphatic rings. The van der Waals surface area contributed by atoms with E-state index in [4.69, 9.17) is 33.0 Å². The third-order valence-corrected chi connectivity index (χ3v) is 4.26. The Labute approximate surface area is 155 Å². The zero-order valence-electron chi connectivity index (χ0n) is 13.5. The Morgan fingerprint density at radius 2 is 1.64 bits per heavy atom. The van der Waals surface area contributed by atoms with Gasteiger partial charge in [0.25, 0.3) is 5.91 Å². The molecule has 2 rings (SSSR count). The second kappa shape index (κ2) is 8.85. The molecule has 1 atom stereocenters. The summed E-state index contributed by atoms with van der Waals surface area (Å²) in [5.41, 5.74) is 1.67. The first-order valence-corrected chi connectivity index (χ1v) is 8.23. The summed E-state index contributed by atoms with van der Waals surface area (Å²) in [7, 11) is 1.25. The molecule has 25 heavy (non-hydrogen) atoms. The van der Waals surface area contributed by atoms with E-state index in [2.05, 4.69) is 5.32 Å². The summed E-state index contributed by atoms with van der Waals surface area (Å²) < 4.78 is 4.77. The van der Waals surface area contributed by atoms with Crippen LogP contribution in [0.25, 0.3) is 0 Å². The highest BCUT2D eigenvalue weighted by Gasteiger charge is 2.24. The summed E-state index contributed by atoms with van der Waals surface area (Å²) in [4.78, 5) is 24.5. The van der Waals surface area contributed by atoms with Gasteiger partial charge in [0.15, 0.2) is 0 Å². The number of carbonyl (C=O) groups excluding carboxylic acids is 2. The summed E-state index contributed by atoms with van der Waals surface area (Å²) in [6.07, 6.45) is 0.228. The van der Waals surface area contributed by atoms with Gasteiger partial charge in [0, 0.05) is 6.42 Å². The van der Waals surface area contributed by atoms with Crippen LogP contribution in [-0.2, 0) is 22.6 Å². The van der Waals surface area contributed by atoms with Gasteiger partial charge in [0.2, 0.25) is 0 Å². The summed E-state index contributed by atoms with van der Waals surface area (Å²) >= 11 is 12.1. The van der Waals surface area contributed by atoms with Crippen molar-refractivity contribution < 1.29 is 19.4 Å². The fourth-order valence-electron chi connectivity index (χ4n) is 2.30. The van der Waals surface area contributed by atoms with E-state index in [1.807, 2.05) is 0 Å². The van der Waals surface area contributed by atoms with Crippen LogP contribution in [0.1, 0.15) is 21.5 Å². The average Bonchev–Trinajstić information content (AvgIpc) is 2.61. The summed E-state index contributed by atoms with van der Waals surface area (Å²) in [5, 5.41) is 12.1. The maximum atomic E-state index is 12.5. The number of carbonyl (C=O) groups is 2. The zero-order chi connectivity index (χ0) is 18.4. The van der Waals surface area contributed by atoms with Gasteiger partial charge in [-0.25, -0.2) is 4.79 Å². The molecule has 0 spiro atoms. The highest BCUT2D eigenvalue weighted by Crippen LogP contribution is 2.24. The number of methoxy groups -OCH3 is 1. The third-order valence-electron chi connectivity index (χ3n) is 3.63. The number of amides is 1. The summed E-state index contributed by atoms with van der Waals surface area (Å²) in [5.74, 6) is -1.14. The van der Waals surface area contributed by atoms with Crippen molar-refractivity contribution in [2.45, 2.75) is 19.1 Å². The molecule has 2 aromatic carbocycles. The van der Waals surface area contributed by atoms with Crippen molar-refractivity contribution in [3.05, 3.63) is 69.2 Å². The number of aliphatic hydroxyl groups excluding tert-OH is 1. The lowest BCUT2D eigenvalue weighted by molar-refractivity contribution is -0.142. The normalized spacial score (nSPS) is 11.7. The zero-order valence-corrected chi connectivity index (χ0v) is 15.0. The van der Waals surface area contributed by atoms with Gasteiger partial charge < -0.3 is 15.2 Å². The monoisotopic (exact) mass is 381 g/mol. The van der Waals surface area contributed by atoms with Crippen molar-refractivity contribution in [3.8, 4) is 0 Å². The number of esters is 1. The highest BCUT2D eigenvalue weighted by molar-refractivity contribution is 6.39. The Balaban J connectivity index is 2.19. The number of ether oxygens (including phenoxy) is 1. The Morgan fingerprint density at radius 1 is 1.08 bits per heavy atom. The lowest BCUT2D eigenvalue weighted by atomic mass is 10.0. The molecule has 2 aromatic rings. The smallest absolute Gasteiger partial charge is 0.328 e. The molecule has 1 unspecified atom stereocenters. The van der Waals surface area contributed by atoms with E-state index in [1.54, 1.807) is 42.5 Å². The summed E-state index contributed by atoms with van der Waals surface area (Å²) in [6, 6.07) is 10.9. The molecule has 0 aromatic heterocycles. The standard InChI is InChI=1S/C18H17Cl2NO4/c1-25-18(24)15(9-11-5-7-12(10-22)8-6-11)21-17(23)16-13(19)3-2-4-14(16)20/h2-8,15,22H,9-10H2,1H3,(H,21,23). The molecule has 1 amide bonds. The van der Waals surface area contributed by atoms with Crippen molar-refractivity contribution in [3.63, 3.8) is 0 Å². The van der Waals surface area contributed by atoms with Crippen molar-refractivity contribution >= 4 is 35.1 Å². The molecule has 0 bridgehead atoms. The summed E-state index contributed by atoms with van der Waals surface area (Å²) in [6.45, 7) is -0.0670. The fourth-order valence-corrected chi connectivity index (χ4v) is 2.87. The van der Waals surface area contributed by atoms with Crippen molar-refractivity contribution in [1.29, 1.82) is 0 Å². The minimum Gasteiger partial charge on any atom is -0.467 e. The molecule has 0 fully saturated rings. The molecule has 7 heteroatoms. The minimum atomic E-state index is -0.898. The molecule has 0 radical (unpaired) electrons.